The number of aliphatic hydroxyl groups excluding tert-OH is 1. The highest BCUT2D eigenvalue weighted by Gasteiger charge is 2.43. The van der Waals surface area contributed by atoms with Crippen LogP contribution in [0.3, 0.4) is 0 Å². The van der Waals surface area contributed by atoms with Crippen LogP contribution in [0.15, 0.2) is 18.2 Å². The van der Waals surface area contributed by atoms with E-state index in [9.17, 15) is 9.90 Å². The molecule has 0 radical (unpaired) electrons. The Labute approximate surface area is 102 Å². The summed E-state index contributed by atoms with van der Waals surface area (Å²) >= 11 is 0. The van der Waals surface area contributed by atoms with Crippen molar-refractivity contribution in [3.8, 4) is 0 Å². The number of rotatable bonds is 3. The molecule has 0 bridgehead atoms. The summed E-state index contributed by atoms with van der Waals surface area (Å²) in [6.07, 6.45) is 6.21. The second kappa shape index (κ2) is 3.95. The van der Waals surface area contributed by atoms with Crippen LogP contribution in [-0.4, -0.2) is 17.5 Å². The molecule has 1 aromatic rings. The quantitative estimate of drug-likeness (QED) is 0.810. The van der Waals surface area contributed by atoms with Gasteiger partial charge in [0.15, 0.2) is 5.78 Å². The Hall–Kier alpha value is -1.15. The fourth-order valence-electron chi connectivity index (χ4n) is 3.08. The first-order valence-corrected chi connectivity index (χ1v) is 6.53. The fraction of sp³-hybridized carbons (Fsp3) is 0.533. The van der Waals surface area contributed by atoms with E-state index in [4.69, 9.17) is 0 Å². The van der Waals surface area contributed by atoms with Crippen LogP contribution < -0.4 is 0 Å². The molecule has 0 aromatic heterocycles. The maximum Gasteiger partial charge on any atom is 0.171 e. The van der Waals surface area contributed by atoms with Gasteiger partial charge in [-0.2, -0.15) is 0 Å². The van der Waals surface area contributed by atoms with Gasteiger partial charge in [-0.25, -0.2) is 0 Å². The van der Waals surface area contributed by atoms with Crippen molar-refractivity contribution >= 4 is 5.78 Å². The molecule has 1 saturated carbocycles. The molecule has 2 nitrogen and oxygen atoms in total. The van der Waals surface area contributed by atoms with Crippen LogP contribution in [0.4, 0.5) is 0 Å². The van der Waals surface area contributed by atoms with Crippen molar-refractivity contribution in [3.05, 3.63) is 34.9 Å². The van der Waals surface area contributed by atoms with Crippen molar-refractivity contribution in [2.24, 2.45) is 5.41 Å². The van der Waals surface area contributed by atoms with Gasteiger partial charge in [0.1, 0.15) is 0 Å². The largest absolute Gasteiger partial charge is 0.395 e. The van der Waals surface area contributed by atoms with Gasteiger partial charge in [-0.15, -0.1) is 0 Å². The van der Waals surface area contributed by atoms with E-state index in [1.54, 1.807) is 0 Å². The molecule has 0 saturated heterocycles. The van der Waals surface area contributed by atoms with Crippen molar-refractivity contribution in [2.45, 2.75) is 38.5 Å². The molecule has 90 valence electrons. The monoisotopic (exact) mass is 230 g/mol. The number of carbonyl (C=O) groups excluding carboxylic acids is 1. The van der Waals surface area contributed by atoms with E-state index >= 15 is 0 Å². The van der Waals surface area contributed by atoms with Gasteiger partial charge >= 0.3 is 0 Å². The van der Waals surface area contributed by atoms with Gasteiger partial charge in [-0.3, -0.25) is 4.79 Å². The van der Waals surface area contributed by atoms with E-state index in [2.05, 4.69) is 12.1 Å². The molecule has 0 unspecified atom stereocenters. The summed E-state index contributed by atoms with van der Waals surface area (Å²) in [5.74, 6) is 0.154. The minimum Gasteiger partial charge on any atom is -0.395 e. The summed E-state index contributed by atoms with van der Waals surface area (Å²) in [4.78, 5) is 12.4. The molecule has 1 fully saturated rings. The molecule has 3 rings (SSSR count). The van der Waals surface area contributed by atoms with Crippen LogP contribution in [0, 0.1) is 5.41 Å². The minimum absolute atomic E-state index is 0.00289. The molecule has 0 amide bonds. The van der Waals surface area contributed by atoms with Crippen LogP contribution in [0.25, 0.3) is 0 Å². The molecule has 0 heterocycles. The molecule has 2 heteroatoms. The maximum atomic E-state index is 12.4. The highest BCUT2D eigenvalue weighted by Crippen LogP contribution is 2.43. The lowest BCUT2D eigenvalue weighted by Gasteiger charge is -2.38. The Morgan fingerprint density at radius 2 is 1.94 bits per heavy atom. The van der Waals surface area contributed by atoms with Crippen LogP contribution in [0.2, 0.25) is 0 Å². The Balaban J connectivity index is 1.91. The minimum atomic E-state index is -0.452. The molecule has 1 N–H and O–H groups in total. The fourth-order valence-corrected chi connectivity index (χ4v) is 3.08. The lowest BCUT2D eigenvalue weighted by atomic mass is 9.65. The van der Waals surface area contributed by atoms with Gasteiger partial charge in [0, 0.05) is 5.56 Å². The van der Waals surface area contributed by atoms with Crippen LogP contribution >= 0.6 is 0 Å². The number of benzene rings is 1. The molecule has 17 heavy (non-hydrogen) atoms. The standard InChI is InChI=1S/C15H18O2/c16-10-15(7-2-8-15)14(17)13-6-5-11-3-1-4-12(11)9-13/h5-6,9,16H,1-4,7-8,10H2. The van der Waals surface area contributed by atoms with E-state index in [1.807, 2.05) is 6.07 Å². The van der Waals surface area contributed by atoms with Gasteiger partial charge in [-0.05, 0) is 49.3 Å². The SMILES string of the molecule is O=C(c1ccc2c(c1)CCC2)C1(CO)CCC1. The average Bonchev–Trinajstić information content (AvgIpc) is 2.74. The van der Waals surface area contributed by atoms with Gasteiger partial charge in [0.05, 0.1) is 12.0 Å². The summed E-state index contributed by atoms with van der Waals surface area (Å²) in [6.45, 7) is 0.00289. The lowest BCUT2D eigenvalue weighted by Crippen LogP contribution is -2.41. The summed E-state index contributed by atoms with van der Waals surface area (Å²) in [6, 6.07) is 6.10. The number of hydrogen-bond donors (Lipinski definition) is 1. The molecule has 0 aliphatic heterocycles. The third kappa shape index (κ3) is 1.62. The first-order valence-electron chi connectivity index (χ1n) is 6.53. The molecular weight excluding hydrogens is 212 g/mol. The highest BCUT2D eigenvalue weighted by atomic mass is 16.3. The third-order valence-electron chi connectivity index (χ3n) is 4.46. The molecular formula is C15H18O2. The van der Waals surface area contributed by atoms with Crippen molar-refractivity contribution in [3.63, 3.8) is 0 Å². The predicted octanol–water partition coefficient (Wildman–Crippen LogP) is 2.52. The van der Waals surface area contributed by atoms with E-state index in [1.165, 1.54) is 17.5 Å². The van der Waals surface area contributed by atoms with Crippen LogP contribution in [-0.2, 0) is 12.8 Å². The Morgan fingerprint density at radius 1 is 1.18 bits per heavy atom. The van der Waals surface area contributed by atoms with Crippen molar-refractivity contribution in [1.82, 2.24) is 0 Å². The highest BCUT2D eigenvalue weighted by molar-refractivity contribution is 6.01. The Bertz CT molecular complexity index is 452. The molecule has 0 atom stereocenters. The van der Waals surface area contributed by atoms with Gasteiger partial charge < -0.3 is 5.11 Å². The van der Waals surface area contributed by atoms with Crippen LogP contribution in [0.5, 0.6) is 0 Å². The van der Waals surface area contributed by atoms with Crippen molar-refractivity contribution < 1.29 is 9.90 Å². The van der Waals surface area contributed by atoms with E-state index < -0.39 is 5.41 Å². The second-order valence-corrected chi connectivity index (χ2v) is 5.46. The summed E-state index contributed by atoms with van der Waals surface area (Å²) in [7, 11) is 0. The summed E-state index contributed by atoms with van der Waals surface area (Å²) in [5, 5.41) is 9.44. The number of aliphatic hydroxyl groups is 1. The number of hydrogen-bond acceptors (Lipinski definition) is 2. The molecule has 2 aliphatic rings. The zero-order valence-corrected chi connectivity index (χ0v) is 10.0. The number of ketones is 1. The van der Waals surface area contributed by atoms with Crippen molar-refractivity contribution in [1.29, 1.82) is 0 Å². The zero-order chi connectivity index (χ0) is 11.9. The number of carbonyl (C=O) groups is 1. The number of Topliss-reactive ketones (excluding diaryl/α,β-unsaturated/α-hetero) is 1. The van der Waals surface area contributed by atoms with Gasteiger partial charge in [0.25, 0.3) is 0 Å². The molecule has 2 aliphatic carbocycles. The number of fused-ring (bicyclic) bond motifs is 1. The Kier molecular flexibility index (Phi) is 2.55. The average molecular weight is 230 g/mol. The van der Waals surface area contributed by atoms with E-state index in [-0.39, 0.29) is 12.4 Å². The van der Waals surface area contributed by atoms with Gasteiger partial charge in [-0.1, -0.05) is 18.6 Å². The van der Waals surface area contributed by atoms with Crippen LogP contribution in [0.1, 0.15) is 47.2 Å². The lowest BCUT2D eigenvalue weighted by molar-refractivity contribution is 0.0348. The first kappa shape index (κ1) is 11.0. The summed E-state index contributed by atoms with van der Waals surface area (Å²) in [5.41, 5.74) is 3.09. The van der Waals surface area contributed by atoms with E-state index in [0.717, 1.165) is 37.7 Å². The maximum absolute atomic E-state index is 12.4. The first-order chi connectivity index (χ1) is 8.25. The molecule has 0 spiro atoms. The smallest absolute Gasteiger partial charge is 0.171 e. The normalized spacial score (nSPS) is 20.8. The second-order valence-electron chi connectivity index (χ2n) is 5.46. The number of aryl methyl sites for hydroxylation is 2. The summed E-state index contributed by atoms with van der Waals surface area (Å²) < 4.78 is 0. The van der Waals surface area contributed by atoms with E-state index in [0.29, 0.717) is 0 Å². The molecule has 1 aromatic carbocycles. The van der Waals surface area contributed by atoms with Crippen molar-refractivity contribution in [2.75, 3.05) is 6.61 Å². The predicted molar refractivity (Wildman–Crippen MR) is 66.2 cm³/mol. The topological polar surface area (TPSA) is 37.3 Å². The van der Waals surface area contributed by atoms with Gasteiger partial charge in [0.2, 0.25) is 0 Å². The Morgan fingerprint density at radius 3 is 2.59 bits per heavy atom. The third-order valence-corrected chi connectivity index (χ3v) is 4.46. The zero-order valence-electron chi connectivity index (χ0n) is 10.0.